The highest BCUT2D eigenvalue weighted by Gasteiger charge is 2.09. The average molecular weight is 256 g/mol. The van der Waals surface area contributed by atoms with Crippen LogP contribution < -0.4 is 0 Å². The molecule has 0 amide bonds. The van der Waals surface area contributed by atoms with Crippen molar-refractivity contribution in [3.8, 4) is 11.3 Å². The van der Waals surface area contributed by atoms with E-state index in [4.69, 9.17) is 4.42 Å². The second kappa shape index (κ2) is 7.18. The lowest BCUT2D eigenvalue weighted by atomic mass is 10.1. The van der Waals surface area contributed by atoms with Crippen molar-refractivity contribution in [1.29, 1.82) is 0 Å². The maximum absolute atomic E-state index is 6.01. The molecule has 1 aromatic heterocycles. The van der Waals surface area contributed by atoms with Crippen LogP contribution in [0.4, 0.5) is 0 Å². The molecule has 0 N–H and O–H groups in total. The Kier molecular flexibility index (Phi) is 5.26. The molecule has 1 heterocycles. The molecule has 0 spiro atoms. The van der Waals surface area contributed by atoms with Crippen LogP contribution in [0.5, 0.6) is 0 Å². The standard InChI is InChI=1S/C18H24O/c1-3-4-5-6-10-13-17-14-15(2)18(19-17)16-11-8-7-9-12-16/h7-9,11-12,14H,3-6,10,13H2,1-2H3. The molecule has 1 nitrogen and oxygen atoms in total. The molecular weight excluding hydrogens is 232 g/mol. The predicted octanol–water partition coefficient (Wildman–Crippen LogP) is 5.77. The molecule has 0 aliphatic rings. The predicted molar refractivity (Wildman–Crippen MR) is 81.3 cm³/mol. The first-order valence-corrected chi connectivity index (χ1v) is 7.46. The number of aryl methyl sites for hydroxylation is 2. The van der Waals surface area contributed by atoms with E-state index in [1.54, 1.807) is 0 Å². The summed E-state index contributed by atoms with van der Waals surface area (Å²) in [6.45, 7) is 4.38. The van der Waals surface area contributed by atoms with Gasteiger partial charge < -0.3 is 4.42 Å². The van der Waals surface area contributed by atoms with Crippen molar-refractivity contribution in [3.05, 3.63) is 47.7 Å². The van der Waals surface area contributed by atoms with E-state index in [0.717, 1.165) is 17.9 Å². The summed E-state index contributed by atoms with van der Waals surface area (Å²) in [7, 11) is 0. The quantitative estimate of drug-likeness (QED) is 0.573. The highest BCUT2D eigenvalue weighted by molar-refractivity contribution is 5.61. The Labute approximate surface area is 116 Å². The van der Waals surface area contributed by atoms with Crippen LogP contribution in [0, 0.1) is 6.92 Å². The lowest BCUT2D eigenvalue weighted by Gasteiger charge is -1.99. The summed E-state index contributed by atoms with van der Waals surface area (Å²) in [5.41, 5.74) is 2.42. The minimum absolute atomic E-state index is 1.03. The largest absolute Gasteiger partial charge is 0.461 e. The van der Waals surface area contributed by atoms with Gasteiger partial charge in [0.2, 0.25) is 0 Å². The zero-order valence-electron chi connectivity index (χ0n) is 12.1. The number of unbranched alkanes of at least 4 members (excludes halogenated alkanes) is 4. The molecule has 2 aromatic rings. The van der Waals surface area contributed by atoms with Crippen LogP contribution in [0.25, 0.3) is 11.3 Å². The summed E-state index contributed by atoms with van der Waals surface area (Å²) in [4.78, 5) is 0. The number of rotatable bonds is 7. The summed E-state index contributed by atoms with van der Waals surface area (Å²) in [5.74, 6) is 2.16. The number of hydrogen-bond acceptors (Lipinski definition) is 1. The average Bonchev–Trinajstić information content (AvgIpc) is 2.81. The van der Waals surface area contributed by atoms with Gasteiger partial charge in [0, 0.05) is 12.0 Å². The monoisotopic (exact) mass is 256 g/mol. The molecule has 0 radical (unpaired) electrons. The Morgan fingerprint density at radius 1 is 0.947 bits per heavy atom. The van der Waals surface area contributed by atoms with Crippen molar-refractivity contribution in [1.82, 2.24) is 0 Å². The lowest BCUT2D eigenvalue weighted by molar-refractivity contribution is 0.503. The first-order chi connectivity index (χ1) is 9.31. The van der Waals surface area contributed by atoms with Crippen LogP contribution >= 0.6 is 0 Å². The van der Waals surface area contributed by atoms with E-state index in [1.807, 2.05) is 6.07 Å². The third-order valence-corrected chi connectivity index (χ3v) is 3.53. The topological polar surface area (TPSA) is 13.1 Å². The van der Waals surface area contributed by atoms with Gasteiger partial charge in [0.1, 0.15) is 11.5 Å². The van der Waals surface area contributed by atoms with Crippen molar-refractivity contribution >= 4 is 0 Å². The Morgan fingerprint density at radius 3 is 2.42 bits per heavy atom. The van der Waals surface area contributed by atoms with Crippen molar-refractivity contribution in [3.63, 3.8) is 0 Å². The first kappa shape index (κ1) is 13.9. The smallest absolute Gasteiger partial charge is 0.137 e. The second-order valence-electron chi connectivity index (χ2n) is 5.26. The van der Waals surface area contributed by atoms with Crippen LogP contribution in [-0.2, 0) is 6.42 Å². The molecule has 102 valence electrons. The Balaban J connectivity index is 1.94. The number of benzene rings is 1. The molecule has 0 atom stereocenters. The van der Waals surface area contributed by atoms with Gasteiger partial charge in [-0.2, -0.15) is 0 Å². The second-order valence-corrected chi connectivity index (χ2v) is 5.26. The van der Waals surface area contributed by atoms with Gasteiger partial charge in [-0.25, -0.2) is 0 Å². The number of furan rings is 1. The maximum atomic E-state index is 6.01. The van der Waals surface area contributed by atoms with Gasteiger partial charge in [-0.15, -0.1) is 0 Å². The summed E-state index contributed by atoms with van der Waals surface area (Å²) in [5, 5.41) is 0. The van der Waals surface area contributed by atoms with Crippen LogP contribution in [-0.4, -0.2) is 0 Å². The lowest BCUT2D eigenvalue weighted by Crippen LogP contribution is -1.83. The maximum Gasteiger partial charge on any atom is 0.137 e. The van der Waals surface area contributed by atoms with E-state index in [0.29, 0.717) is 0 Å². The summed E-state index contributed by atoms with van der Waals surface area (Å²) in [6, 6.07) is 12.6. The molecule has 0 saturated heterocycles. The molecule has 2 rings (SSSR count). The fraction of sp³-hybridized carbons (Fsp3) is 0.444. The van der Waals surface area contributed by atoms with Crippen molar-refractivity contribution in [2.45, 2.75) is 52.4 Å². The highest BCUT2D eigenvalue weighted by atomic mass is 16.3. The molecule has 0 saturated carbocycles. The molecule has 0 fully saturated rings. The number of hydrogen-bond donors (Lipinski definition) is 0. The molecule has 0 bridgehead atoms. The van der Waals surface area contributed by atoms with E-state index in [9.17, 15) is 0 Å². The highest BCUT2D eigenvalue weighted by Crippen LogP contribution is 2.27. The van der Waals surface area contributed by atoms with E-state index in [-0.39, 0.29) is 0 Å². The molecule has 1 aromatic carbocycles. The van der Waals surface area contributed by atoms with Crippen LogP contribution in [0.2, 0.25) is 0 Å². The van der Waals surface area contributed by atoms with Crippen molar-refractivity contribution in [2.75, 3.05) is 0 Å². The SMILES string of the molecule is CCCCCCCc1cc(C)c(-c2ccccc2)o1. The third kappa shape index (κ3) is 3.99. The Hall–Kier alpha value is -1.50. The molecular formula is C18H24O. The van der Waals surface area contributed by atoms with Crippen molar-refractivity contribution in [2.24, 2.45) is 0 Å². The zero-order valence-corrected chi connectivity index (χ0v) is 12.1. The molecule has 0 unspecified atom stereocenters. The van der Waals surface area contributed by atoms with E-state index >= 15 is 0 Å². The van der Waals surface area contributed by atoms with Gasteiger partial charge in [-0.3, -0.25) is 0 Å². The van der Waals surface area contributed by atoms with E-state index in [1.165, 1.54) is 43.2 Å². The van der Waals surface area contributed by atoms with Gasteiger partial charge in [0.25, 0.3) is 0 Å². The summed E-state index contributed by atoms with van der Waals surface area (Å²) >= 11 is 0. The third-order valence-electron chi connectivity index (χ3n) is 3.53. The molecule has 0 aliphatic carbocycles. The van der Waals surface area contributed by atoms with Crippen LogP contribution in [0.15, 0.2) is 40.8 Å². The Bertz CT molecular complexity index is 482. The van der Waals surface area contributed by atoms with Crippen LogP contribution in [0.1, 0.15) is 50.4 Å². The molecule has 19 heavy (non-hydrogen) atoms. The van der Waals surface area contributed by atoms with Gasteiger partial charge in [-0.1, -0.05) is 62.9 Å². The van der Waals surface area contributed by atoms with Gasteiger partial charge in [-0.05, 0) is 25.0 Å². The molecule has 0 aliphatic heterocycles. The van der Waals surface area contributed by atoms with Gasteiger partial charge in [0.05, 0.1) is 0 Å². The van der Waals surface area contributed by atoms with Gasteiger partial charge >= 0.3 is 0 Å². The minimum atomic E-state index is 1.03. The summed E-state index contributed by atoms with van der Waals surface area (Å²) in [6.07, 6.45) is 7.62. The summed E-state index contributed by atoms with van der Waals surface area (Å²) < 4.78 is 6.01. The van der Waals surface area contributed by atoms with E-state index < -0.39 is 0 Å². The van der Waals surface area contributed by atoms with Crippen LogP contribution in [0.3, 0.4) is 0 Å². The fourth-order valence-electron chi connectivity index (χ4n) is 2.45. The van der Waals surface area contributed by atoms with Crippen molar-refractivity contribution < 1.29 is 4.42 Å². The first-order valence-electron chi connectivity index (χ1n) is 7.46. The minimum Gasteiger partial charge on any atom is -0.461 e. The molecule has 1 heteroatoms. The zero-order chi connectivity index (χ0) is 13.5. The van der Waals surface area contributed by atoms with Gasteiger partial charge in [0.15, 0.2) is 0 Å². The van der Waals surface area contributed by atoms with E-state index in [2.05, 4.69) is 44.2 Å². The normalized spacial score (nSPS) is 10.8. The fourth-order valence-corrected chi connectivity index (χ4v) is 2.45. The Morgan fingerprint density at radius 2 is 1.68 bits per heavy atom.